The molecule has 0 atom stereocenters. The summed E-state index contributed by atoms with van der Waals surface area (Å²) in [5.74, 6) is 0.942. The summed E-state index contributed by atoms with van der Waals surface area (Å²) in [7, 11) is 0. The Morgan fingerprint density at radius 1 is 1.12 bits per heavy atom. The fraction of sp³-hybridized carbons (Fsp3) is 0.571. The summed E-state index contributed by atoms with van der Waals surface area (Å²) in [5, 5.41) is 0.819. The van der Waals surface area contributed by atoms with Crippen LogP contribution in [0.2, 0.25) is 0 Å². The van der Waals surface area contributed by atoms with E-state index >= 15 is 0 Å². The van der Waals surface area contributed by atoms with Gasteiger partial charge in [0, 0.05) is 5.33 Å². The van der Waals surface area contributed by atoms with Gasteiger partial charge in [0.15, 0.2) is 0 Å². The molecule has 1 rings (SSSR count). The minimum Gasteiger partial charge on any atom is -0.487 e. The second-order valence-corrected chi connectivity index (χ2v) is 6.33. The van der Waals surface area contributed by atoms with Crippen LogP contribution in [-0.4, -0.2) is 10.9 Å². The summed E-state index contributed by atoms with van der Waals surface area (Å²) in [5.41, 5.74) is 1.30. The molecule has 2 heteroatoms. The number of rotatable bonds is 3. The van der Waals surface area contributed by atoms with Crippen LogP contribution >= 0.6 is 15.9 Å². The van der Waals surface area contributed by atoms with Crippen molar-refractivity contribution < 1.29 is 4.74 Å². The molecule has 90 valence electrons. The van der Waals surface area contributed by atoms with Gasteiger partial charge in [0.2, 0.25) is 0 Å². The number of hydrogen-bond donors (Lipinski definition) is 0. The van der Waals surface area contributed by atoms with Crippen LogP contribution in [0.25, 0.3) is 0 Å². The highest BCUT2D eigenvalue weighted by molar-refractivity contribution is 9.09. The maximum Gasteiger partial charge on any atom is 0.120 e. The maximum atomic E-state index is 5.94. The number of benzene rings is 1. The molecular weight excluding hydrogens is 264 g/mol. The average Bonchev–Trinajstić information content (AvgIpc) is 2.16. The molecule has 0 spiro atoms. The third-order valence-corrected chi connectivity index (χ3v) is 3.77. The Balaban J connectivity index is 2.92. The molecule has 0 radical (unpaired) electrons. The Labute approximate surface area is 107 Å². The quantitative estimate of drug-likeness (QED) is 0.741. The van der Waals surface area contributed by atoms with E-state index in [-0.39, 0.29) is 11.0 Å². The molecule has 0 aromatic heterocycles. The lowest BCUT2D eigenvalue weighted by molar-refractivity contribution is 0.137. The summed E-state index contributed by atoms with van der Waals surface area (Å²) >= 11 is 3.46. The molecular formula is C14H21BrO. The van der Waals surface area contributed by atoms with E-state index in [0.717, 1.165) is 11.1 Å². The van der Waals surface area contributed by atoms with Crippen LogP contribution in [0.5, 0.6) is 5.75 Å². The van der Waals surface area contributed by atoms with Crippen molar-refractivity contribution in [3.05, 3.63) is 29.8 Å². The van der Waals surface area contributed by atoms with Crippen LogP contribution in [0.4, 0.5) is 0 Å². The van der Waals surface area contributed by atoms with Gasteiger partial charge in [-0.15, -0.1) is 0 Å². The Kier molecular flexibility index (Phi) is 4.06. The predicted octanol–water partition coefficient (Wildman–Crippen LogP) is 4.54. The summed E-state index contributed by atoms with van der Waals surface area (Å²) < 4.78 is 5.94. The summed E-state index contributed by atoms with van der Waals surface area (Å²) in [4.78, 5) is 0. The first-order valence-corrected chi connectivity index (χ1v) is 6.72. The molecule has 0 heterocycles. The Bertz CT molecular complexity index is 350. The van der Waals surface area contributed by atoms with Gasteiger partial charge in [0.05, 0.1) is 0 Å². The molecule has 16 heavy (non-hydrogen) atoms. The van der Waals surface area contributed by atoms with E-state index in [0.29, 0.717) is 0 Å². The SMILES string of the molecule is CC(C)(CBr)Oc1cccc(C(C)(C)C)c1. The zero-order valence-electron chi connectivity index (χ0n) is 10.8. The van der Waals surface area contributed by atoms with Gasteiger partial charge in [0.1, 0.15) is 11.4 Å². The first kappa shape index (κ1) is 13.6. The smallest absolute Gasteiger partial charge is 0.120 e. The fourth-order valence-electron chi connectivity index (χ4n) is 1.37. The van der Waals surface area contributed by atoms with Gasteiger partial charge in [-0.25, -0.2) is 0 Å². The lowest BCUT2D eigenvalue weighted by Crippen LogP contribution is -2.30. The highest BCUT2D eigenvalue weighted by atomic mass is 79.9. The van der Waals surface area contributed by atoms with E-state index in [4.69, 9.17) is 4.74 Å². The zero-order valence-corrected chi connectivity index (χ0v) is 12.4. The van der Waals surface area contributed by atoms with Crippen LogP contribution < -0.4 is 4.74 Å². The molecule has 0 amide bonds. The molecule has 0 aliphatic carbocycles. The van der Waals surface area contributed by atoms with Gasteiger partial charge in [-0.3, -0.25) is 0 Å². The number of ether oxygens (including phenoxy) is 1. The van der Waals surface area contributed by atoms with Crippen molar-refractivity contribution in [3.8, 4) is 5.75 Å². The number of halogens is 1. The zero-order chi connectivity index (χ0) is 12.4. The fourth-order valence-corrected chi connectivity index (χ4v) is 1.49. The van der Waals surface area contributed by atoms with E-state index in [9.17, 15) is 0 Å². The lowest BCUT2D eigenvalue weighted by Gasteiger charge is -2.26. The summed E-state index contributed by atoms with van der Waals surface area (Å²) in [6, 6.07) is 8.35. The maximum absolute atomic E-state index is 5.94. The molecule has 1 aromatic rings. The van der Waals surface area contributed by atoms with Gasteiger partial charge in [-0.1, -0.05) is 48.8 Å². The monoisotopic (exact) mass is 284 g/mol. The lowest BCUT2D eigenvalue weighted by atomic mass is 9.87. The van der Waals surface area contributed by atoms with E-state index in [1.165, 1.54) is 5.56 Å². The van der Waals surface area contributed by atoms with Crippen LogP contribution in [0, 0.1) is 0 Å². The second kappa shape index (κ2) is 4.79. The van der Waals surface area contributed by atoms with Crippen LogP contribution in [0.3, 0.4) is 0 Å². The van der Waals surface area contributed by atoms with Crippen LogP contribution in [-0.2, 0) is 5.41 Å². The number of hydrogen-bond acceptors (Lipinski definition) is 1. The average molecular weight is 285 g/mol. The molecule has 1 aromatic carbocycles. The van der Waals surface area contributed by atoms with Crippen LogP contribution in [0.15, 0.2) is 24.3 Å². The van der Waals surface area contributed by atoms with Gasteiger partial charge in [0.25, 0.3) is 0 Å². The topological polar surface area (TPSA) is 9.23 Å². The van der Waals surface area contributed by atoms with Crippen molar-refractivity contribution >= 4 is 15.9 Å². The van der Waals surface area contributed by atoms with Crippen LogP contribution in [0.1, 0.15) is 40.2 Å². The van der Waals surface area contributed by atoms with E-state index in [1.54, 1.807) is 0 Å². The largest absolute Gasteiger partial charge is 0.487 e. The highest BCUT2D eigenvalue weighted by Gasteiger charge is 2.19. The normalized spacial score (nSPS) is 12.6. The van der Waals surface area contributed by atoms with Gasteiger partial charge >= 0.3 is 0 Å². The molecule has 0 unspecified atom stereocenters. The predicted molar refractivity (Wildman–Crippen MR) is 73.6 cm³/mol. The Hall–Kier alpha value is -0.500. The first-order valence-electron chi connectivity index (χ1n) is 5.60. The Morgan fingerprint density at radius 2 is 1.75 bits per heavy atom. The molecule has 0 N–H and O–H groups in total. The highest BCUT2D eigenvalue weighted by Crippen LogP contribution is 2.27. The van der Waals surface area contributed by atoms with Gasteiger partial charge in [-0.05, 0) is 37.0 Å². The standard InChI is InChI=1S/C14H21BrO/c1-13(2,3)11-7-6-8-12(9-11)16-14(4,5)10-15/h6-9H,10H2,1-5H3. The van der Waals surface area contributed by atoms with Crippen molar-refractivity contribution in [2.45, 2.75) is 45.6 Å². The molecule has 0 aliphatic rings. The minimum absolute atomic E-state index is 0.165. The first-order chi connectivity index (χ1) is 7.24. The number of alkyl halides is 1. The second-order valence-electron chi connectivity index (χ2n) is 5.77. The molecule has 1 nitrogen and oxygen atoms in total. The molecule has 0 fully saturated rings. The van der Waals surface area contributed by atoms with Crippen molar-refractivity contribution in [2.24, 2.45) is 0 Å². The minimum atomic E-state index is -0.170. The van der Waals surface area contributed by atoms with E-state index in [1.807, 2.05) is 6.07 Å². The molecule has 0 bridgehead atoms. The van der Waals surface area contributed by atoms with Gasteiger partial charge < -0.3 is 4.74 Å². The van der Waals surface area contributed by atoms with Crippen molar-refractivity contribution in [3.63, 3.8) is 0 Å². The summed E-state index contributed by atoms with van der Waals surface area (Å²) in [6.07, 6.45) is 0. The molecule has 0 aliphatic heterocycles. The summed E-state index contributed by atoms with van der Waals surface area (Å²) in [6.45, 7) is 10.8. The molecule has 0 saturated carbocycles. The van der Waals surface area contributed by atoms with Gasteiger partial charge in [-0.2, -0.15) is 0 Å². The molecule has 0 saturated heterocycles. The van der Waals surface area contributed by atoms with Crippen molar-refractivity contribution in [1.82, 2.24) is 0 Å². The van der Waals surface area contributed by atoms with E-state index in [2.05, 4.69) is 68.7 Å². The van der Waals surface area contributed by atoms with E-state index < -0.39 is 0 Å². The van der Waals surface area contributed by atoms with Crippen molar-refractivity contribution in [1.29, 1.82) is 0 Å². The third kappa shape index (κ3) is 3.82. The van der Waals surface area contributed by atoms with Crippen molar-refractivity contribution in [2.75, 3.05) is 5.33 Å². The Morgan fingerprint density at radius 3 is 2.25 bits per heavy atom. The third-order valence-electron chi connectivity index (χ3n) is 2.42.